The zero-order chi connectivity index (χ0) is 16.6. The zero-order valence-electron chi connectivity index (χ0n) is 13.6. The molecule has 0 unspecified atom stereocenters. The Bertz CT molecular complexity index is 631. The van der Waals surface area contributed by atoms with Crippen molar-refractivity contribution in [2.75, 3.05) is 14.1 Å². The van der Waals surface area contributed by atoms with Crippen LogP contribution in [-0.2, 0) is 0 Å². The first-order valence-corrected chi connectivity index (χ1v) is 7.79. The molecule has 6 heteroatoms. The molecule has 6 nitrogen and oxygen atoms in total. The molecule has 0 spiro atoms. The van der Waals surface area contributed by atoms with Crippen LogP contribution in [0.2, 0.25) is 0 Å². The molecule has 1 aromatic rings. The molecule has 2 aliphatic heterocycles. The number of rotatable bonds is 2. The summed E-state index contributed by atoms with van der Waals surface area (Å²) in [5, 5.41) is 5.89. The number of urea groups is 2. The van der Waals surface area contributed by atoms with Crippen molar-refractivity contribution in [3.63, 3.8) is 0 Å². The third-order valence-electron chi connectivity index (χ3n) is 4.75. The molecular weight excluding hydrogens is 292 g/mol. The van der Waals surface area contributed by atoms with Crippen LogP contribution in [0.4, 0.5) is 9.59 Å². The summed E-state index contributed by atoms with van der Waals surface area (Å²) < 4.78 is 0. The van der Waals surface area contributed by atoms with Gasteiger partial charge in [0.25, 0.3) is 0 Å². The van der Waals surface area contributed by atoms with Gasteiger partial charge in [-0.05, 0) is 12.5 Å². The molecule has 0 radical (unpaired) electrons. The fourth-order valence-corrected chi connectivity index (χ4v) is 3.38. The van der Waals surface area contributed by atoms with Crippen molar-refractivity contribution in [2.45, 2.75) is 25.2 Å². The first-order valence-electron chi connectivity index (χ1n) is 7.79. The van der Waals surface area contributed by atoms with Crippen LogP contribution in [0.1, 0.15) is 12.5 Å². The minimum Gasteiger partial charge on any atom is -0.335 e. The fourth-order valence-electron chi connectivity index (χ4n) is 3.38. The molecule has 0 saturated carbocycles. The highest BCUT2D eigenvalue weighted by Gasteiger charge is 2.48. The Balaban J connectivity index is 1.91. The fraction of sp³-hybridized carbons (Fsp3) is 0.412. The quantitative estimate of drug-likeness (QED) is 0.873. The molecule has 1 aromatic carbocycles. The van der Waals surface area contributed by atoms with Gasteiger partial charge in [0, 0.05) is 26.1 Å². The number of amides is 4. The topological polar surface area (TPSA) is 64.7 Å². The Kier molecular flexibility index (Phi) is 3.98. The number of carbonyl (C=O) groups is 2. The molecule has 0 aliphatic carbocycles. The molecule has 3 rings (SSSR count). The lowest BCUT2D eigenvalue weighted by Crippen LogP contribution is -2.73. The lowest BCUT2D eigenvalue weighted by atomic mass is 9.84. The number of nitrogens with one attached hydrogen (secondary N) is 2. The van der Waals surface area contributed by atoms with E-state index in [1.807, 2.05) is 49.4 Å². The van der Waals surface area contributed by atoms with Gasteiger partial charge in [0.15, 0.2) is 0 Å². The smallest absolute Gasteiger partial charge is 0.319 e. The molecule has 4 atom stereocenters. The van der Waals surface area contributed by atoms with Gasteiger partial charge >= 0.3 is 12.1 Å². The normalized spacial score (nSPS) is 30.9. The SMILES string of the molecule is C[C@@H]1NC(=O)N(C)[C@@H]2NC(=O)N(C)[C@@H](/C=C/c3ccccc3)[C@@H]12. The van der Waals surface area contributed by atoms with E-state index in [0.29, 0.717) is 0 Å². The van der Waals surface area contributed by atoms with Gasteiger partial charge < -0.3 is 20.4 Å². The first kappa shape index (κ1) is 15.4. The maximum Gasteiger partial charge on any atom is 0.319 e. The van der Waals surface area contributed by atoms with E-state index in [4.69, 9.17) is 0 Å². The third kappa shape index (κ3) is 2.76. The van der Waals surface area contributed by atoms with Crippen LogP contribution in [-0.4, -0.2) is 54.2 Å². The van der Waals surface area contributed by atoms with Crippen molar-refractivity contribution in [3.8, 4) is 0 Å². The number of benzene rings is 1. The second-order valence-electron chi connectivity index (χ2n) is 6.19. The van der Waals surface area contributed by atoms with Gasteiger partial charge in [-0.25, -0.2) is 9.59 Å². The first-order chi connectivity index (χ1) is 11.0. The third-order valence-corrected chi connectivity index (χ3v) is 4.75. The van der Waals surface area contributed by atoms with E-state index in [1.165, 1.54) is 0 Å². The minimum atomic E-state index is -0.298. The Hall–Kier alpha value is -2.50. The van der Waals surface area contributed by atoms with E-state index in [0.717, 1.165) is 5.56 Å². The number of fused-ring (bicyclic) bond motifs is 1. The zero-order valence-corrected chi connectivity index (χ0v) is 13.6. The number of carbonyl (C=O) groups excluding carboxylic acids is 2. The second kappa shape index (κ2) is 5.95. The standard InChI is InChI=1S/C17H22N4O2/c1-11-14-13(10-9-12-7-5-4-6-8-12)20(2)17(23)19-15(14)21(3)16(22)18-11/h4-11,13-15H,1-3H3,(H,18,22)(H,19,23)/b10-9+/t11-,13-,14+,15-/m0/s1. The summed E-state index contributed by atoms with van der Waals surface area (Å²) in [6, 6.07) is 9.54. The van der Waals surface area contributed by atoms with E-state index >= 15 is 0 Å². The van der Waals surface area contributed by atoms with Crippen LogP contribution in [0.15, 0.2) is 36.4 Å². The van der Waals surface area contributed by atoms with Crippen LogP contribution in [0.25, 0.3) is 6.08 Å². The number of hydrogen-bond donors (Lipinski definition) is 2. The maximum atomic E-state index is 12.3. The average molecular weight is 314 g/mol. The van der Waals surface area contributed by atoms with E-state index in [9.17, 15) is 9.59 Å². The summed E-state index contributed by atoms with van der Waals surface area (Å²) in [4.78, 5) is 27.5. The Morgan fingerprint density at radius 2 is 1.65 bits per heavy atom. The average Bonchev–Trinajstić information content (AvgIpc) is 2.54. The van der Waals surface area contributed by atoms with Crippen molar-refractivity contribution in [1.82, 2.24) is 20.4 Å². The Morgan fingerprint density at radius 3 is 2.35 bits per heavy atom. The van der Waals surface area contributed by atoms with Gasteiger partial charge in [0.1, 0.15) is 6.17 Å². The van der Waals surface area contributed by atoms with Gasteiger partial charge in [0.05, 0.1) is 6.04 Å². The van der Waals surface area contributed by atoms with E-state index in [-0.39, 0.29) is 36.2 Å². The molecule has 0 aromatic heterocycles. The van der Waals surface area contributed by atoms with Crippen molar-refractivity contribution >= 4 is 18.1 Å². The molecule has 2 aliphatic rings. The van der Waals surface area contributed by atoms with Crippen LogP contribution in [0, 0.1) is 5.92 Å². The Labute approximate surface area is 136 Å². The predicted octanol–water partition coefficient (Wildman–Crippen LogP) is 1.71. The summed E-state index contributed by atoms with van der Waals surface area (Å²) in [6.45, 7) is 1.98. The number of hydrogen-bond acceptors (Lipinski definition) is 2. The summed E-state index contributed by atoms with van der Waals surface area (Å²) in [6.07, 6.45) is 3.78. The molecule has 122 valence electrons. The summed E-state index contributed by atoms with van der Waals surface area (Å²) in [7, 11) is 3.50. The van der Waals surface area contributed by atoms with E-state index in [2.05, 4.69) is 10.6 Å². The van der Waals surface area contributed by atoms with Gasteiger partial charge in [-0.3, -0.25) is 0 Å². The van der Waals surface area contributed by atoms with Crippen molar-refractivity contribution in [1.29, 1.82) is 0 Å². The largest absolute Gasteiger partial charge is 0.335 e. The van der Waals surface area contributed by atoms with Crippen LogP contribution in [0.5, 0.6) is 0 Å². The molecule has 2 N–H and O–H groups in total. The van der Waals surface area contributed by atoms with Gasteiger partial charge in [0.2, 0.25) is 0 Å². The van der Waals surface area contributed by atoms with Crippen LogP contribution >= 0.6 is 0 Å². The van der Waals surface area contributed by atoms with Gasteiger partial charge in [-0.1, -0.05) is 42.5 Å². The van der Waals surface area contributed by atoms with Crippen molar-refractivity contribution in [2.24, 2.45) is 5.92 Å². The van der Waals surface area contributed by atoms with Crippen molar-refractivity contribution < 1.29 is 9.59 Å². The number of nitrogens with zero attached hydrogens (tertiary/aromatic N) is 2. The highest BCUT2D eigenvalue weighted by molar-refractivity contribution is 5.80. The molecule has 23 heavy (non-hydrogen) atoms. The monoisotopic (exact) mass is 314 g/mol. The molecular formula is C17H22N4O2. The highest BCUT2D eigenvalue weighted by Crippen LogP contribution is 2.29. The van der Waals surface area contributed by atoms with Gasteiger partial charge in [-0.2, -0.15) is 0 Å². The van der Waals surface area contributed by atoms with Gasteiger partial charge in [-0.15, -0.1) is 0 Å². The molecule has 0 bridgehead atoms. The minimum absolute atomic E-state index is 0.0304. The lowest BCUT2D eigenvalue weighted by molar-refractivity contribution is 0.0407. The van der Waals surface area contributed by atoms with Crippen molar-refractivity contribution in [3.05, 3.63) is 42.0 Å². The predicted molar refractivity (Wildman–Crippen MR) is 88.6 cm³/mol. The van der Waals surface area contributed by atoms with Crippen LogP contribution < -0.4 is 10.6 Å². The lowest BCUT2D eigenvalue weighted by Gasteiger charge is -2.51. The number of likely N-dealkylation sites (N-methyl/N-ethyl adjacent to an activating group) is 1. The molecule has 2 saturated heterocycles. The van der Waals surface area contributed by atoms with E-state index < -0.39 is 0 Å². The van der Waals surface area contributed by atoms with E-state index in [1.54, 1.807) is 23.9 Å². The summed E-state index contributed by atoms with van der Waals surface area (Å²) in [5.74, 6) is 0.0698. The molecule has 4 amide bonds. The summed E-state index contributed by atoms with van der Waals surface area (Å²) in [5.41, 5.74) is 1.09. The highest BCUT2D eigenvalue weighted by atomic mass is 16.2. The second-order valence-corrected chi connectivity index (χ2v) is 6.19. The van der Waals surface area contributed by atoms with Crippen LogP contribution in [0.3, 0.4) is 0 Å². The summed E-state index contributed by atoms with van der Waals surface area (Å²) >= 11 is 0. The molecule has 2 heterocycles. The Morgan fingerprint density at radius 1 is 1.00 bits per heavy atom. The molecule has 2 fully saturated rings. The maximum absolute atomic E-state index is 12.3.